The molecular weight excluding hydrogens is 293 g/mol. The van der Waals surface area contributed by atoms with E-state index in [4.69, 9.17) is 16.3 Å². The molecule has 0 aliphatic rings. The summed E-state index contributed by atoms with van der Waals surface area (Å²) in [7, 11) is 0. The fraction of sp³-hybridized carbons (Fsp3) is 0.188. The Bertz CT molecular complexity index is 643. The van der Waals surface area contributed by atoms with Crippen LogP contribution in [0.5, 0.6) is 5.75 Å². The van der Waals surface area contributed by atoms with Crippen LogP contribution in [0, 0.1) is 12.7 Å². The van der Waals surface area contributed by atoms with Crippen molar-refractivity contribution in [3.63, 3.8) is 0 Å². The second-order valence-corrected chi connectivity index (χ2v) is 5.10. The zero-order valence-electron chi connectivity index (χ0n) is 11.7. The Kier molecular flexibility index (Phi) is 4.81. The first-order chi connectivity index (χ1) is 9.95. The molecule has 0 aliphatic carbocycles. The number of rotatable bonds is 4. The summed E-state index contributed by atoms with van der Waals surface area (Å²) in [6.07, 6.45) is -0.685. The molecule has 1 amide bonds. The number of benzene rings is 2. The molecular formula is C16H15ClFNO2. The van der Waals surface area contributed by atoms with Crippen molar-refractivity contribution < 1.29 is 13.9 Å². The summed E-state index contributed by atoms with van der Waals surface area (Å²) in [5.41, 5.74) is 1.37. The number of ether oxygens (including phenoxy) is 1. The Morgan fingerprint density at radius 1 is 1.24 bits per heavy atom. The third kappa shape index (κ3) is 4.20. The van der Waals surface area contributed by atoms with Gasteiger partial charge in [0.15, 0.2) is 6.10 Å². The van der Waals surface area contributed by atoms with Gasteiger partial charge < -0.3 is 10.1 Å². The van der Waals surface area contributed by atoms with Crippen molar-refractivity contribution in [1.29, 1.82) is 0 Å². The lowest BCUT2D eigenvalue weighted by molar-refractivity contribution is -0.122. The molecule has 2 aromatic rings. The number of anilines is 1. The smallest absolute Gasteiger partial charge is 0.265 e. The summed E-state index contributed by atoms with van der Waals surface area (Å²) in [5.74, 6) is -0.0637. The highest BCUT2D eigenvalue weighted by Gasteiger charge is 2.16. The molecule has 110 valence electrons. The number of amides is 1. The third-order valence-corrected chi connectivity index (χ3v) is 3.16. The lowest BCUT2D eigenvalue weighted by atomic mass is 10.2. The minimum atomic E-state index is -0.685. The second kappa shape index (κ2) is 6.59. The number of hydrogen-bond donors (Lipinski definition) is 1. The van der Waals surface area contributed by atoms with Crippen LogP contribution >= 0.6 is 11.6 Å². The zero-order valence-corrected chi connectivity index (χ0v) is 12.4. The molecule has 0 saturated heterocycles. The molecule has 1 N–H and O–H groups in total. The summed E-state index contributed by atoms with van der Waals surface area (Å²) in [6.45, 7) is 3.50. The maximum atomic E-state index is 12.8. The van der Waals surface area contributed by atoms with Crippen LogP contribution in [0.15, 0.2) is 42.5 Å². The second-order valence-electron chi connectivity index (χ2n) is 4.67. The lowest BCUT2D eigenvalue weighted by Crippen LogP contribution is -2.30. The van der Waals surface area contributed by atoms with Crippen molar-refractivity contribution in [2.45, 2.75) is 20.0 Å². The van der Waals surface area contributed by atoms with E-state index in [1.807, 2.05) is 6.92 Å². The predicted molar refractivity (Wildman–Crippen MR) is 81.3 cm³/mol. The Labute approximate surface area is 127 Å². The minimum absolute atomic E-state index is 0.309. The maximum Gasteiger partial charge on any atom is 0.265 e. The van der Waals surface area contributed by atoms with Gasteiger partial charge in [-0.2, -0.15) is 0 Å². The molecule has 5 heteroatoms. The van der Waals surface area contributed by atoms with Crippen LogP contribution in [-0.2, 0) is 4.79 Å². The Morgan fingerprint density at radius 3 is 2.52 bits per heavy atom. The van der Waals surface area contributed by atoms with Crippen molar-refractivity contribution in [2.75, 3.05) is 5.32 Å². The highest BCUT2D eigenvalue weighted by Crippen LogP contribution is 2.23. The molecule has 1 atom stereocenters. The molecule has 2 aromatic carbocycles. The van der Waals surface area contributed by atoms with E-state index in [0.29, 0.717) is 16.5 Å². The van der Waals surface area contributed by atoms with E-state index in [0.717, 1.165) is 5.56 Å². The molecule has 0 unspecified atom stereocenters. The fourth-order valence-corrected chi connectivity index (χ4v) is 1.99. The number of nitrogens with one attached hydrogen (secondary N) is 1. The third-order valence-electron chi connectivity index (χ3n) is 2.92. The fourth-order valence-electron chi connectivity index (χ4n) is 1.77. The van der Waals surface area contributed by atoms with Crippen LogP contribution < -0.4 is 10.1 Å². The average molecular weight is 308 g/mol. The Morgan fingerprint density at radius 2 is 1.90 bits per heavy atom. The first kappa shape index (κ1) is 15.3. The standard InChI is InChI=1S/C16H15ClFNO2/c1-10-9-12(17)3-8-15(10)21-11(2)16(20)19-14-6-4-13(18)5-7-14/h3-9,11H,1-2H3,(H,19,20)/t11-/m1/s1. The van der Waals surface area contributed by atoms with Crippen LogP contribution in [0.1, 0.15) is 12.5 Å². The molecule has 3 nitrogen and oxygen atoms in total. The number of hydrogen-bond acceptors (Lipinski definition) is 2. The number of halogens is 2. The minimum Gasteiger partial charge on any atom is -0.481 e. The topological polar surface area (TPSA) is 38.3 Å². The molecule has 0 bridgehead atoms. The number of aryl methyl sites for hydroxylation is 1. The van der Waals surface area contributed by atoms with Gasteiger partial charge in [-0.15, -0.1) is 0 Å². The van der Waals surface area contributed by atoms with Crippen LogP contribution in [-0.4, -0.2) is 12.0 Å². The van der Waals surface area contributed by atoms with Gasteiger partial charge in [0, 0.05) is 10.7 Å². The monoisotopic (exact) mass is 307 g/mol. The molecule has 0 heterocycles. The summed E-state index contributed by atoms with van der Waals surface area (Å²) >= 11 is 5.87. The SMILES string of the molecule is Cc1cc(Cl)ccc1O[C@H](C)C(=O)Nc1ccc(F)cc1. The predicted octanol–water partition coefficient (Wildman–Crippen LogP) is 4.19. The average Bonchev–Trinajstić information content (AvgIpc) is 2.44. The van der Waals surface area contributed by atoms with Gasteiger partial charge in [-0.05, 0) is 61.9 Å². The molecule has 0 fully saturated rings. The van der Waals surface area contributed by atoms with E-state index < -0.39 is 6.10 Å². The van der Waals surface area contributed by atoms with E-state index in [-0.39, 0.29) is 11.7 Å². The molecule has 0 aliphatic heterocycles. The number of carbonyl (C=O) groups excluding carboxylic acids is 1. The van der Waals surface area contributed by atoms with E-state index in [1.54, 1.807) is 25.1 Å². The van der Waals surface area contributed by atoms with Crippen molar-refractivity contribution in [1.82, 2.24) is 0 Å². The van der Waals surface area contributed by atoms with Crippen LogP contribution in [0.4, 0.5) is 10.1 Å². The summed E-state index contributed by atoms with van der Waals surface area (Å²) in [5, 5.41) is 3.28. The lowest BCUT2D eigenvalue weighted by Gasteiger charge is -2.16. The molecule has 0 spiro atoms. The van der Waals surface area contributed by atoms with Gasteiger partial charge in [-0.1, -0.05) is 11.6 Å². The van der Waals surface area contributed by atoms with Gasteiger partial charge in [-0.3, -0.25) is 4.79 Å². The first-order valence-corrected chi connectivity index (χ1v) is 6.83. The van der Waals surface area contributed by atoms with Crippen LogP contribution in [0.3, 0.4) is 0 Å². The Hall–Kier alpha value is -2.07. The molecule has 2 rings (SSSR count). The van der Waals surface area contributed by atoms with Crippen molar-refractivity contribution in [3.8, 4) is 5.75 Å². The normalized spacial score (nSPS) is 11.8. The molecule has 21 heavy (non-hydrogen) atoms. The highest BCUT2D eigenvalue weighted by atomic mass is 35.5. The summed E-state index contributed by atoms with van der Waals surface area (Å²) in [6, 6.07) is 10.7. The van der Waals surface area contributed by atoms with Crippen LogP contribution in [0.2, 0.25) is 5.02 Å². The van der Waals surface area contributed by atoms with Gasteiger partial charge in [-0.25, -0.2) is 4.39 Å². The van der Waals surface area contributed by atoms with Gasteiger partial charge >= 0.3 is 0 Å². The van der Waals surface area contributed by atoms with E-state index in [1.165, 1.54) is 24.3 Å². The van der Waals surface area contributed by atoms with E-state index in [9.17, 15) is 9.18 Å². The zero-order chi connectivity index (χ0) is 15.4. The maximum absolute atomic E-state index is 12.8. The first-order valence-electron chi connectivity index (χ1n) is 6.45. The highest BCUT2D eigenvalue weighted by molar-refractivity contribution is 6.30. The van der Waals surface area contributed by atoms with Crippen molar-refractivity contribution in [2.24, 2.45) is 0 Å². The summed E-state index contributed by atoms with van der Waals surface area (Å²) < 4.78 is 18.4. The van der Waals surface area contributed by atoms with Crippen LogP contribution in [0.25, 0.3) is 0 Å². The molecule has 0 radical (unpaired) electrons. The van der Waals surface area contributed by atoms with E-state index in [2.05, 4.69) is 5.32 Å². The van der Waals surface area contributed by atoms with Gasteiger partial charge in [0.2, 0.25) is 0 Å². The summed E-state index contributed by atoms with van der Waals surface area (Å²) in [4.78, 5) is 12.0. The van der Waals surface area contributed by atoms with Gasteiger partial charge in [0.05, 0.1) is 0 Å². The van der Waals surface area contributed by atoms with E-state index >= 15 is 0 Å². The quantitative estimate of drug-likeness (QED) is 0.919. The molecule has 0 aromatic heterocycles. The van der Waals surface area contributed by atoms with Gasteiger partial charge in [0.1, 0.15) is 11.6 Å². The Balaban J connectivity index is 2.00. The molecule has 0 saturated carbocycles. The van der Waals surface area contributed by atoms with Gasteiger partial charge in [0.25, 0.3) is 5.91 Å². The van der Waals surface area contributed by atoms with Crippen molar-refractivity contribution in [3.05, 3.63) is 58.9 Å². The number of carbonyl (C=O) groups is 1. The largest absolute Gasteiger partial charge is 0.481 e. The van der Waals surface area contributed by atoms with Crippen molar-refractivity contribution >= 4 is 23.2 Å².